The molecule has 0 radical (unpaired) electrons. The van der Waals surface area contributed by atoms with Crippen molar-refractivity contribution in [3.05, 3.63) is 0 Å². The summed E-state index contributed by atoms with van der Waals surface area (Å²) in [6, 6.07) is 0. The highest BCUT2D eigenvalue weighted by Crippen LogP contribution is 2.43. The Morgan fingerprint density at radius 3 is 1.18 bits per heavy atom. The lowest BCUT2D eigenvalue weighted by Gasteiger charge is -2.41. The molecule has 0 bridgehead atoms. The van der Waals surface area contributed by atoms with Crippen molar-refractivity contribution in [3.8, 4) is 0 Å². The van der Waals surface area contributed by atoms with Crippen LogP contribution in [0.1, 0.15) is 27.7 Å². The molecule has 17 heavy (non-hydrogen) atoms. The molecule has 0 aromatic heterocycles. The fourth-order valence-electron chi connectivity index (χ4n) is 0.958. The third-order valence-electron chi connectivity index (χ3n) is 4.12. The Hall–Kier alpha value is 0.354. The first-order chi connectivity index (χ1) is 7.31. The van der Waals surface area contributed by atoms with Crippen molar-refractivity contribution in [2.75, 3.05) is 14.2 Å². The maximum Gasteiger partial charge on any atom is 0.191 e. The topological polar surface area (TPSA) is 18.5 Å². The van der Waals surface area contributed by atoms with E-state index in [2.05, 4.69) is 60.4 Å². The lowest BCUT2D eigenvalue weighted by Crippen LogP contribution is -2.44. The van der Waals surface area contributed by atoms with Gasteiger partial charge in [-0.25, -0.2) is 0 Å². The van der Waals surface area contributed by atoms with Crippen LogP contribution in [0.2, 0.25) is 37.8 Å². The van der Waals surface area contributed by atoms with Gasteiger partial charge in [-0.05, 0) is 43.7 Å². The maximum absolute atomic E-state index is 5.60. The zero-order valence-electron chi connectivity index (χ0n) is 13.9. The molecule has 0 aliphatic carbocycles. The van der Waals surface area contributed by atoms with Crippen LogP contribution in [0.4, 0.5) is 0 Å². The van der Waals surface area contributed by atoms with E-state index >= 15 is 0 Å². The summed E-state index contributed by atoms with van der Waals surface area (Å²) in [4.78, 5) is 0. The van der Waals surface area contributed by atoms with Gasteiger partial charge in [0.05, 0.1) is 0 Å². The van der Waals surface area contributed by atoms with Gasteiger partial charge in [0.25, 0.3) is 0 Å². The highest BCUT2D eigenvalue weighted by atomic mass is 28.4. The molecule has 0 atom stereocenters. The average Bonchev–Trinajstić information content (AvgIpc) is 2.17. The van der Waals surface area contributed by atoms with E-state index < -0.39 is 16.6 Å². The Morgan fingerprint density at radius 1 is 0.824 bits per heavy atom. The molecule has 0 aromatic rings. The summed E-state index contributed by atoms with van der Waals surface area (Å²) < 4.78 is 10.7. The summed E-state index contributed by atoms with van der Waals surface area (Å²) >= 11 is 0. The summed E-state index contributed by atoms with van der Waals surface area (Å²) in [7, 11) is 1.01. The number of hydrogen-bond acceptors (Lipinski definition) is 2. The average molecular weight is 279 g/mol. The molecular formula is C13H34O2Si2. The minimum Gasteiger partial charge on any atom is -0.421 e. The molecule has 0 fully saturated rings. The fourth-order valence-corrected chi connectivity index (χ4v) is 2.87. The van der Waals surface area contributed by atoms with E-state index in [4.69, 9.17) is 8.85 Å². The highest BCUT2D eigenvalue weighted by Gasteiger charge is 2.42. The van der Waals surface area contributed by atoms with Crippen LogP contribution < -0.4 is 0 Å². The van der Waals surface area contributed by atoms with Crippen LogP contribution in [0.5, 0.6) is 0 Å². The SMILES string of the molecule is CO[Si](C)(C)C.CO[Si](C)(C)C(C)(C)C(C)C. The smallest absolute Gasteiger partial charge is 0.191 e. The minimum atomic E-state index is -1.47. The van der Waals surface area contributed by atoms with Gasteiger partial charge in [-0.1, -0.05) is 27.7 Å². The van der Waals surface area contributed by atoms with Crippen molar-refractivity contribution in [3.63, 3.8) is 0 Å². The Labute approximate surface area is 111 Å². The molecule has 0 aromatic carbocycles. The van der Waals surface area contributed by atoms with Crippen molar-refractivity contribution < 1.29 is 8.85 Å². The van der Waals surface area contributed by atoms with Crippen LogP contribution >= 0.6 is 0 Å². The van der Waals surface area contributed by atoms with Crippen LogP contribution in [-0.2, 0) is 8.85 Å². The molecule has 4 heteroatoms. The Bertz CT molecular complexity index is 206. The third kappa shape index (κ3) is 7.39. The Balaban J connectivity index is 0. The monoisotopic (exact) mass is 278 g/mol. The predicted octanol–water partition coefficient (Wildman–Crippen LogP) is 4.74. The first kappa shape index (κ1) is 19.7. The molecule has 0 spiro atoms. The van der Waals surface area contributed by atoms with Crippen LogP contribution in [0, 0.1) is 5.92 Å². The number of hydrogen-bond donors (Lipinski definition) is 0. The van der Waals surface area contributed by atoms with Gasteiger partial charge in [-0.2, -0.15) is 0 Å². The predicted molar refractivity (Wildman–Crippen MR) is 83.7 cm³/mol. The molecule has 0 saturated heterocycles. The summed E-state index contributed by atoms with van der Waals surface area (Å²) in [6.45, 7) is 20.2. The van der Waals surface area contributed by atoms with Crippen LogP contribution in [0.25, 0.3) is 0 Å². The van der Waals surface area contributed by atoms with E-state index in [0.29, 0.717) is 11.0 Å². The van der Waals surface area contributed by atoms with Gasteiger partial charge in [-0.15, -0.1) is 0 Å². The van der Waals surface area contributed by atoms with Crippen molar-refractivity contribution in [1.82, 2.24) is 0 Å². The fraction of sp³-hybridized carbons (Fsp3) is 1.00. The second-order valence-corrected chi connectivity index (χ2v) is 16.3. The second kappa shape index (κ2) is 7.07. The van der Waals surface area contributed by atoms with Gasteiger partial charge >= 0.3 is 0 Å². The van der Waals surface area contributed by atoms with Crippen molar-refractivity contribution in [2.45, 2.75) is 65.5 Å². The van der Waals surface area contributed by atoms with Gasteiger partial charge in [0.2, 0.25) is 0 Å². The zero-order valence-corrected chi connectivity index (χ0v) is 15.9. The van der Waals surface area contributed by atoms with E-state index in [1.807, 2.05) is 7.11 Å². The molecule has 0 aliphatic rings. The van der Waals surface area contributed by atoms with Gasteiger partial charge < -0.3 is 8.85 Å². The van der Waals surface area contributed by atoms with Gasteiger partial charge in [-0.3, -0.25) is 0 Å². The molecule has 2 nitrogen and oxygen atoms in total. The summed E-state index contributed by atoms with van der Waals surface area (Å²) in [5.74, 6) is 0.698. The molecule has 0 heterocycles. The first-order valence-electron chi connectivity index (χ1n) is 6.42. The molecule has 106 valence electrons. The van der Waals surface area contributed by atoms with Gasteiger partial charge in [0.1, 0.15) is 0 Å². The third-order valence-corrected chi connectivity index (χ3v) is 10.0. The molecule has 0 N–H and O–H groups in total. The minimum absolute atomic E-state index is 0.363. The quantitative estimate of drug-likeness (QED) is 0.691. The normalized spacial score (nSPS) is 13.4. The summed E-state index contributed by atoms with van der Waals surface area (Å²) in [5.41, 5.74) is 0. The van der Waals surface area contributed by atoms with E-state index in [0.717, 1.165) is 0 Å². The number of rotatable bonds is 4. The summed E-state index contributed by atoms with van der Waals surface area (Å²) in [5, 5.41) is 0.363. The Kier molecular flexibility index (Phi) is 8.19. The lowest BCUT2D eigenvalue weighted by molar-refractivity contribution is 0.330. The van der Waals surface area contributed by atoms with Crippen LogP contribution in [0.3, 0.4) is 0 Å². The first-order valence-corrected chi connectivity index (χ1v) is 12.7. The van der Waals surface area contributed by atoms with Crippen molar-refractivity contribution >= 4 is 16.6 Å². The van der Waals surface area contributed by atoms with Crippen molar-refractivity contribution in [1.29, 1.82) is 0 Å². The van der Waals surface area contributed by atoms with Gasteiger partial charge in [0.15, 0.2) is 16.6 Å². The molecule has 0 unspecified atom stereocenters. The molecule has 0 saturated carbocycles. The molecule has 0 amide bonds. The van der Waals surface area contributed by atoms with E-state index in [1.54, 1.807) is 7.11 Å². The maximum atomic E-state index is 5.60. The standard InChI is InChI=1S/C9H22OSi.C4H12OSi/c1-8(2)9(3,4)11(6,7)10-5;1-5-6(2,3)4/h8H,1-7H3;1-4H3. The largest absolute Gasteiger partial charge is 0.421 e. The Morgan fingerprint density at radius 2 is 1.12 bits per heavy atom. The second-order valence-electron chi connectivity index (χ2n) is 6.91. The van der Waals surface area contributed by atoms with Gasteiger partial charge in [0, 0.05) is 14.2 Å². The van der Waals surface area contributed by atoms with E-state index in [-0.39, 0.29) is 0 Å². The van der Waals surface area contributed by atoms with E-state index in [1.165, 1.54) is 0 Å². The van der Waals surface area contributed by atoms with Crippen LogP contribution in [-0.4, -0.2) is 30.9 Å². The highest BCUT2D eigenvalue weighted by molar-refractivity contribution is 6.74. The summed E-state index contributed by atoms with van der Waals surface area (Å²) in [6.07, 6.45) is 0. The van der Waals surface area contributed by atoms with Crippen molar-refractivity contribution in [2.24, 2.45) is 5.92 Å². The van der Waals surface area contributed by atoms with E-state index in [9.17, 15) is 0 Å². The molecule has 0 rings (SSSR count). The lowest BCUT2D eigenvalue weighted by atomic mass is 9.99. The molecule has 0 aliphatic heterocycles. The molecular weight excluding hydrogens is 244 g/mol. The van der Waals surface area contributed by atoms with Crippen LogP contribution in [0.15, 0.2) is 0 Å². The zero-order chi connectivity index (χ0) is 14.5.